The Bertz CT molecular complexity index is 2740. The summed E-state index contributed by atoms with van der Waals surface area (Å²) in [5.74, 6) is 1.59. The molecular weight excluding hydrogens is 653 g/mol. The predicted octanol–water partition coefficient (Wildman–Crippen LogP) is 11.1. The Balaban J connectivity index is 1.24. The number of thiophene rings is 2. The lowest BCUT2D eigenvalue weighted by Crippen LogP contribution is -2.03. The van der Waals surface area contributed by atoms with Gasteiger partial charge in [0, 0.05) is 91.2 Å². The molecule has 0 radical (unpaired) electrons. The molecule has 6 heterocycles. The van der Waals surface area contributed by atoms with Gasteiger partial charge in [-0.15, -0.1) is 22.7 Å². The topological polar surface area (TPSA) is 45.5 Å². The van der Waals surface area contributed by atoms with E-state index in [1.54, 1.807) is 22.7 Å². The Morgan fingerprint density at radius 1 is 0.460 bits per heavy atom. The summed E-state index contributed by atoms with van der Waals surface area (Å²) in [6.07, 6.45) is 4.35. The van der Waals surface area contributed by atoms with Crippen molar-refractivity contribution in [2.75, 3.05) is 0 Å². The molecule has 0 aliphatic heterocycles. The fourth-order valence-electron chi connectivity index (χ4n) is 7.46. The predicted molar refractivity (Wildman–Crippen MR) is 210 cm³/mol. The maximum Gasteiger partial charge on any atom is 0.182 e. The molecule has 0 fully saturated rings. The minimum Gasteiger partial charge on any atom is -0.344 e. The molecule has 50 heavy (non-hydrogen) atoms. The SMILES string of the molecule is Cc1ccc(-c2cn(-c3ccc4c(c3)c3ccccc3n4C)c(-c3nc(-c4ccc(C)s4)cn3-c3ccc4c(c3)c3ccccc3n4C)n2)s1. The van der Waals surface area contributed by atoms with Crippen LogP contribution in [0.25, 0.3) is 87.8 Å². The Morgan fingerprint density at radius 2 is 0.880 bits per heavy atom. The van der Waals surface area contributed by atoms with Crippen LogP contribution in [0, 0.1) is 13.8 Å². The van der Waals surface area contributed by atoms with Gasteiger partial charge in [0.25, 0.3) is 0 Å². The zero-order valence-corrected chi connectivity index (χ0v) is 29.7. The summed E-state index contributed by atoms with van der Waals surface area (Å²) in [5, 5.41) is 4.91. The lowest BCUT2D eigenvalue weighted by Gasteiger charge is -2.11. The molecule has 0 aliphatic rings. The molecule has 0 saturated carbocycles. The first kappa shape index (κ1) is 29.2. The summed E-state index contributed by atoms with van der Waals surface area (Å²) in [6.45, 7) is 4.29. The standard InChI is InChI=1S/C42H32N6S2/c1-25-13-19-39(49-25)33-23-47(27-15-17-37-31(21-27)29-9-5-7-11-35(29)45(37)3)41(43-33)42-44-34(40-20-14-26(2)50-40)24-48(42)28-16-18-38-32(22-28)30-10-6-8-12-36(30)46(38)4/h5-24H,1-4H3. The van der Waals surface area contributed by atoms with Gasteiger partial charge in [-0.1, -0.05) is 36.4 Å². The molecule has 0 N–H and O–H groups in total. The van der Waals surface area contributed by atoms with E-state index in [1.807, 2.05) is 0 Å². The van der Waals surface area contributed by atoms with E-state index in [2.05, 4.69) is 168 Å². The molecule has 0 saturated heterocycles. The van der Waals surface area contributed by atoms with Gasteiger partial charge in [-0.2, -0.15) is 0 Å². The van der Waals surface area contributed by atoms with Crippen LogP contribution in [0.1, 0.15) is 9.75 Å². The van der Waals surface area contributed by atoms with E-state index in [4.69, 9.17) is 9.97 Å². The molecule has 0 spiro atoms. The van der Waals surface area contributed by atoms with Gasteiger partial charge < -0.3 is 9.13 Å². The minimum atomic E-state index is 0.795. The van der Waals surface area contributed by atoms with Crippen LogP contribution in [-0.2, 0) is 14.1 Å². The average Bonchev–Trinajstić information content (AvgIpc) is 4.00. The molecular formula is C42H32N6S2. The third-order valence-electron chi connectivity index (χ3n) is 9.95. The number of nitrogens with zero attached hydrogens (tertiary/aromatic N) is 6. The van der Waals surface area contributed by atoms with Crippen LogP contribution in [-0.4, -0.2) is 28.2 Å². The summed E-state index contributed by atoms with van der Waals surface area (Å²) < 4.78 is 9.00. The van der Waals surface area contributed by atoms with E-state index in [-0.39, 0.29) is 0 Å². The highest BCUT2D eigenvalue weighted by Gasteiger charge is 2.23. The Morgan fingerprint density at radius 3 is 1.30 bits per heavy atom. The van der Waals surface area contributed by atoms with Crippen molar-refractivity contribution in [2.24, 2.45) is 14.1 Å². The summed E-state index contributed by atoms with van der Waals surface area (Å²) >= 11 is 3.53. The van der Waals surface area contributed by atoms with E-state index >= 15 is 0 Å². The van der Waals surface area contributed by atoms with Crippen LogP contribution in [0.5, 0.6) is 0 Å². The third-order valence-corrected chi connectivity index (χ3v) is 12.0. The van der Waals surface area contributed by atoms with Crippen molar-refractivity contribution >= 4 is 66.3 Å². The van der Waals surface area contributed by atoms with Gasteiger partial charge in [0.2, 0.25) is 0 Å². The van der Waals surface area contributed by atoms with Crippen LogP contribution < -0.4 is 0 Å². The van der Waals surface area contributed by atoms with E-state index in [0.717, 1.165) is 44.2 Å². The van der Waals surface area contributed by atoms with Crippen molar-refractivity contribution in [2.45, 2.75) is 13.8 Å². The van der Waals surface area contributed by atoms with Crippen molar-refractivity contribution < 1.29 is 0 Å². The minimum absolute atomic E-state index is 0.795. The number of rotatable bonds is 5. The first-order chi connectivity index (χ1) is 24.4. The molecule has 0 aliphatic carbocycles. The van der Waals surface area contributed by atoms with Gasteiger partial charge in [-0.05, 0) is 86.6 Å². The first-order valence-corrected chi connectivity index (χ1v) is 18.3. The Kier molecular flexibility index (Phi) is 6.37. The first-order valence-electron chi connectivity index (χ1n) is 16.7. The van der Waals surface area contributed by atoms with Gasteiger partial charge >= 0.3 is 0 Å². The van der Waals surface area contributed by atoms with Gasteiger partial charge in [0.05, 0.1) is 21.1 Å². The van der Waals surface area contributed by atoms with Crippen molar-refractivity contribution in [3.05, 3.63) is 131 Å². The summed E-state index contributed by atoms with van der Waals surface area (Å²) in [7, 11) is 4.28. The number of para-hydroxylation sites is 2. The Labute approximate surface area is 296 Å². The zero-order valence-electron chi connectivity index (χ0n) is 28.0. The number of hydrogen-bond donors (Lipinski definition) is 0. The summed E-state index contributed by atoms with van der Waals surface area (Å²) in [4.78, 5) is 15.6. The smallest absolute Gasteiger partial charge is 0.182 e. The molecule has 0 amide bonds. The molecule has 4 aromatic carbocycles. The highest BCUT2D eigenvalue weighted by Crippen LogP contribution is 2.38. The van der Waals surface area contributed by atoms with Crippen LogP contribution in [0.15, 0.2) is 122 Å². The lowest BCUT2D eigenvalue weighted by atomic mass is 10.1. The molecule has 6 nitrogen and oxygen atoms in total. The zero-order chi connectivity index (χ0) is 33.7. The molecule has 8 heteroatoms. The molecule has 0 atom stereocenters. The second-order valence-corrected chi connectivity index (χ2v) is 15.6. The van der Waals surface area contributed by atoms with E-state index in [0.29, 0.717) is 0 Å². The molecule has 10 rings (SSSR count). The maximum atomic E-state index is 5.39. The molecule has 6 aromatic heterocycles. The second-order valence-electron chi connectivity index (χ2n) is 13.0. The maximum absolute atomic E-state index is 5.39. The van der Waals surface area contributed by atoms with Crippen molar-refractivity contribution in [3.8, 4) is 44.2 Å². The van der Waals surface area contributed by atoms with Crippen molar-refractivity contribution in [1.29, 1.82) is 0 Å². The second kappa shape index (κ2) is 10.9. The number of aryl methyl sites for hydroxylation is 4. The summed E-state index contributed by atoms with van der Waals surface area (Å²) in [6, 6.07) is 39.4. The molecule has 242 valence electrons. The van der Waals surface area contributed by atoms with Crippen molar-refractivity contribution in [3.63, 3.8) is 0 Å². The van der Waals surface area contributed by atoms with E-state index < -0.39 is 0 Å². The molecule has 10 aromatic rings. The fourth-order valence-corrected chi connectivity index (χ4v) is 9.11. The highest BCUT2D eigenvalue weighted by atomic mass is 32.1. The lowest BCUT2D eigenvalue weighted by molar-refractivity contribution is 0.986. The fraction of sp³-hybridized carbons (Fsp3) is 0.0952. The number of aromatic nitrogens is 6. The van der Waals surface area contributed by atoms with Crippen LogP contribution >= 0.6 is 22.7 Å². The molecule has 0 bridgehead atoms. The monoisotopic (exact) mass is 684 g/mol. The average molecular weight is 685 g/mol. The quantitative estimate of drug-likeness (QED) is 0.181. The van der Waals surface area contributed by atoms with Gasteiger partial charge in [0.1, 0.15) is 0 Å². The van der Waals surface area contributed by atoms with Crippen LogP contribution in [0.2, 0.25) is 0 Å². The summed E-state index contributed by atoms with van der Waals surface area (Å²) in [5.41, 5.74) is 8.79. The normalized spacial score (nSPS) is 12.0. The van der Waals surface area contributed by atoms with Gasteiger partial charge in [0.15, 0.2) is 11.6 Å². The van der Waals surface area contributed by atoms with E-state index in [1.165, 1.54) is 53.4 Å². The number of benzene rings is 4. The van der Waals surface area contributed by atoms with Gasteiger partial charge in [-0.25, -0.2) is 9.97 Å². The van der Waals surface area contributed by atoms with Gasteiger partial charge in [-0.3, -0.25) is 9.13 Å². The van der Waals surface area contributed by atoms with Crippen molar-refractivity contribution in [1.82, 2.24) is 28.2 Å². The number of fused-ring (bicyclic) bond motifs is 6. The third kappa shape index (κ3) is 4.38. The highest BCUT2D eigenvalue weighted by molar-refractivity contribution is 7.15. The number of hydrogen-bond acceptors (Lipinski definition) is 4. The van der Waals surface area contributed by atoms with Crippen LogP contribution in [0.4, 0.5) is 0 Å². The van der Waals surface area contributed by atoms with Crippen LogP contribution in [0.3, 0.4) is 0 Å². The largest absolute Gasteiger partial charge is 0.344 e. The Hall–Kier alpha value is -5.70. The van der Waals surface area contributed by atoms with E-state index in [9.17, 15) is 0 Å². The molecule has 0 unspecified atom stereocenters. The number of imidazole rings is 2.